The summed E-state index contributed by atoms with van der Waals surface area (Å²) in [5.74, 6) is 0. The first-order valence-electron chi connectivity index (χ1n) is 4.80. The lowest BCUT2D eigenvalue weighted by Crippen LogP contribution is -2.20. The van der Waals surface area contributed by atoms with E-state index >= 15 is 0 Å². The lowest BCUT2D eigenvalue weighted by molar-refractivity contribution is 0.480. The van der Waals surface area contributed by atoms with Crippen LogP contribution in [0.3, 0.4) is 0 Å². The predicted molar refractivity (Wildman–Crippen MR) is 62.5 cm³/mol. The van der Waals surface area contributed by atoms with E-state index in [0.29, 0.717) is 5.02 Å². The van der Waals surface area contributed by atoms with Gasteiger partial charge in [-0.25, -0.2) is 4.99 Å². The van der Waals surface area contributed by atoms with Crippen molar-refractivity contribution in [1.29, 1.82) is 0 Å². The molecule has 0 heterocycles. The Morgan fingerprint density at radius 2 is 1.93 bits per heavy atom. The van der Waals surface area contributed by atoms with Gasteiger partial charge in [-0.05, 0) is 26.0 Å². The van der Waals surface area contributed by atoms with E-state index in [1.54, 1.807) is 0 Å². The van der Waals surface area contributed by atoms with Gasteiger partial charge in [0.2, 0.25) is 0 Å². The summed E-state index contributed by atoms with van der Waals surface area (Å²) >= 11 is 5.96. The van der Waals surface area contributed by atoms with Crippen molar-refractivity contribution >= 4 is 23.6 Å². The molecule has 1 aromatic carbocycles. The van der Waals surface area contributed by atoms with Crippen molar-refractivity contribution in [3.05, 3.63) is 29.3 Å². The van der Waals surface area contributed by atoms with E-state index in [-0.39, 0.29) is 0 Å². The van der Waals surface area contributed by atoms with Crippen molar-refractivity contribution < 1.29 is 0 Å². The summed E-state index contributed by atoms with van der Waals surface area (Å²) in [6, 6.07) is 7.58. The molecule has 0 N–H and O–H groups in total. The minimum absolute atomic E-state index is 0.691. The van der Waals surface area contributed by atoms with E-state index in [9.17, 15) is 0 Å². The molecule has 0 amide bonds. The van der Waals surface area contributed by atoms with Gasteiger partial charge in [-0.1, -0.05) is 23.7 Å². The Morgan fingerprint density at radius 1 is 1.29 bits per heavy atom. The number of rotatable bonds is 4. The Morgan fingerprint density at radius 3 is 2.50 bits per heavy atom. The van der Waals surface area contributed by atoms with E-state index in [1.165, 1.54) is 0 Å². The number of benzene rings is 1. The Balaban J connectivity index is 2.72. The minimum Gasteiger partial charge on any atom is -0.363 e. The van der Waals surface area contributed by atoms with Crippen molar-refractivity contribution in [3.8, 4) is 0 Å². The first-order valence-corrected chi connectivity index (χ1v) is 5.18. The van der Waals surface area contributed by atoms with Crippen LogP contribution in [0.25, 0.3) is 0 Å². The zero-order chi connectivity index (χ0) is 10.4. The minimum atomic E-state index is 0.691. The highest BCUT2D eigenvalue weighted by Gasteiger charge is 1.95. The number of hydrogen-bond donors (Lipinski definition) is 0. The second kappa shape index (κ2) is 5.66. The summed E-state index contributed by atoms with van der Waals surface area (Å²) in [5.41, 5.74) is 0.820. The van der Waals surface area contributed by atoms with Crippen LogP contribution >= 0.6 is 11.6 Å². The highest BCUT2D eigenvalue weighted by atomic mass is 35.5. The molecule has 0 radical (unpaired) electrons. The molecule has 0 saturated carbocycles. The Kier molecular flexibility index (Phi) is 4.47. The van der Waals surface area contributed by atoms with Gasteiger partial charge in [-0.15, -0.1) is 0 Å². The molecule has 76 valence electrons. The molecule has 0 unspecified atom stereocenters. The second-order valence-corrected chi connectivity index (χ2v) is 3.32. The molecule has 1 aromatic rings. The van der Waals surface area contributed by atoms with Gasteiger partial charge in [0.1, 0.15) is 0 Å². The fraction of sp³-hybridized carbons (Fsp3) is 0.364. The first kappa shape index (κ1) is 11.1. The molecule has 0 bridgehead atoms. The Hall–Kier alpha value is -1.02. The van der Waals surface area contributed by atoms with Crippen LogP contribution in [0.1, 0.15) is 13.8 Å². The van der Waals surface area contributed by atoms with E-state index in [4.69, 9.17) is 11.6 Å². The van der Waals surface area contributed by atoms with Crippen molar-refractivity contribution in [2.75, 3.05) is 13.1 Å². The molecule has 0 saturated heterocycles. The van der Waals surface area contributed by atoms with Crippen LogP contribution in [0.5, 0.6) is 0 Å². The van der Waals surface area contributed by atoms with Gasteiger partial charge in [-0.3, -0.25) is 0 Å². The standard InChI is InChI=1S/C11H15ClN2/c1-3-14(4-2)9-13-11-8-6-5-7-10(11)12/h5-9H,3-4H2,1-2H3. The van der Waals surface area contributed by atoms with Crippen LogP contribution < -0.4 is 0 Å². The van der Waals surface area contributed by atoms with Crippen LogP contribution in [0.15, 0.2) is 29.3 Å². The Bertz CT molecular complexity index is 306. The number of aliphatic imine (C=N–C) groups is 1. The first-order chi connectivity index (χ1) is 6.77. The van der Waals surface area contributed by atoms with Crippen molar-refractivity contribution in [1.82, 2.24) is 4.90 Å². The van der Waals surface area contributed by atoms with Crippen LogP contribution in [-0.2, 0) is 0 Å². The topological polar surface area (TPSA) is 15.6 Å². The summed E-state index contributed by atoms with van der Waals surface area (Å²) in [7, 11) is 0. The SMILES string of the molecule is CCN(C=Nc1ccccc1Cl)CC. The normalized spacial score (nSPS) is 10.8. The fourth-order valence-electron chi connectivity index (χ4n) is 1.09. The van der Waals surface area contributed by atoms with Crippen molar-refractivity contribution in [3.63, 3.8) is 0 Å². The number of halogens is 1. The largest absolute Gasteiger partial charge is 0.363 e. The van der Waals surface area contributed by atoms with Gasteiger partial charge in [-0.2, -0.15) is 0 Å². The molecule has 0 aromatic heterocycles. The van der Waals surface area contributed by atoms with Gasteiger partial charge in [0.25, 0.3) is 0 Å². The molecular weight excluding hydrogens is 196 g/mol. The summed E-state index contributed by atoms with van der Waals surface area (Å²) in [5, 5.41) is 0.691. The zero-order valence-corrected chi connectivity index (χ0v) is 9.33. The molecule has 0 aliphatic rings. The molecule has 0 atom stereocenters. The smallest absolute Gasteiger partial charge is 0.0912 e. The lowest BCUT2D eigenvalue weighted by Gasteiger charge is -2.13. The van der Waals surface area contributed by atoms with Crippen molar-refractivity contribution in [2.24, 2.45) is 4.99 Å². The summed E-state index contributed by atoms with van der Waals surface area (Å²) < 4.78 is 0. The lowest BCUT2D eigenvalue weighted by atomic mass is 10.3. The van der Waals surface area contributed by atoms with Crippen molar-refractivity contribution in [2.45, 2.75) is 13.8 Å². The van der Waals surface area contributed by atoms with Crippen LogP contribution in [0, 0.1) is 0 Å². The highest BCUT2D eigenvalue weighted by Crippen LogP contribution is 2.23. The monoisotopic (exact) mass is 210 g/mol. The third-order valence-corrected chi connectivity index (χ3v) is 2.34. The summed E-state index contributed by atoms with van der Waals surface area (Å²) in [4.78, 5) is 6.43. The van der Waals surface area contributed by atoms with E-state index in [2.05, 4.69) is 23.7 Å². The zero-order valence-electron chi connectivity index (χ0n) is 8.57. The van der Waals surface area contributed by atoms with Gasteiger partial charge in [0, 0.05) is 13.1 Å². The van der Waals surface area contributed by atoms with Gasteiger partial charge in [0.15, 0.2) is 0 Å². The quantitative estimate of drug-likeness (QED) is 0.550. The van der Waals surface area contributed by atoms with E-state index in [1.807, 2.05) is 30.6 Å². The number of para-hydroxylation sites is 1. The average Bonchev–Trinajstić information content (AvgIpc) is 2.22. The molecule has 0 fully saturated rings. The fourth-order valence-corrected chi connectivity index (χ4v) is 1.27. The molecule has 1 rings (SSSR count). The average molecular weight is 211 g/mol. The molecule has 3 heteroatoms. The van der Waals surface area contributed by atoms with Gasteiger partial charge >= 0.3 is 0 Å². The molecule has 0 spiro atoms. The Labute approximate surface area is 90.2 Å². The third-order valence-electron chi connectivity index (χ3n) is 2.02. The number of nitrogens with zero attached hydrogens (tertiary/aromatic N) is 2. The van der Waals surface area contributed by atoms with E-state index < -0.39 is 0 Å². The third kappa shape index (κ3) is 3.04. The molecule has 0 aliphatic carbocycles. The van der Waals surface area contributed by atoms with Gasteiger partial charge < -0.3 is 4.90 Å². The van der Waals surface area contributed by atoms with Crippen LogP contribution in [0.4, 0.5) is 5.69 Å². The highest BCUT2D eigenvalue weighted by molar-refractivity contribution is 6.33. The summed E-state index contributed by atoms with van der Waals surface area (Å²) in [6.07, 6.45) is 1.83. The maximum absolute atomic E-state index is 5.96. The molecule has 2 nitrogen and oxygen atoms in total. The number of hydrogen-bond acceptors (Lipinski definition) is 1. The van der Waals surface area contributed by atoms with E-state index in [0.717, 1.165) is 18.8 Å². The molecule has 14 heavy (non-hydrogen) atoms. The molecule has 0 aliphatic heterocycles. The van der Waals surface area contributed by atoms with Gasteiger partial charge in [0.05, 0.1) is 17.0 Å². The maximum Gasteiger partial charge on any atom is 0.0912 e. The molecular formula is C11H15ClN2. The maximum atomic E-state index is 5.96. The predicted octanol–water partition coefficient (Wildman–Crippen LogP) is 3.34. The van der Waals surface area contributed by atoms with Crippen LogP contribution in [0.2, 0.25) is 5.02 Å². The summed E-state index contributed by atoms with van der Waals surface area (Å²) in [6.45, 7) is 6.12. The van der Waals surface area contributed by atoms with Crippen LogP contribution in [-0.4, -0.2) is 24.3 Å². The second-order valence-electron chi connectivity index (χ2n) is 2.92.